The molecule has 2 aromatic carbocycles. The fourth-order valence-corrected chi connectivity index (χ4v) is 2.71. The number of nitrogens with zero attached hydrogens (tertiary/aromatic N) is 3. The van der Waals surface area contributed by atoms with E-state index in [9.17, 15) is 9.59 Å². The third-order valence-electron chi connectivity index (χ3n) is 5.23. The zero-order valence-corrected chi connectivity index (χ0v) is 18.1. The van der Waals surface area contributed by atoms with Crippen molar-refractivity contribution in [1.29, 1.82) is 0 Å². The lowest BCUT2D eigenvalue weighted by Gasteiger charge is -2.30. The Labute approximate surface area is 175 Å². The van der Waals surface area contributed by atoms with Crippen molar-refractivity contribution in [2.75, 3.05) is 29.7 Å². The molecule has 0 spiro atoms. The van der Waals surface area contributed by atoms with Crippen LogP contribution in [-0.2, 0) is 0 Å². The fraction of sp³-hybridized carbons (Fsp3) is 0.364. The van der Waals surface area contributed by atoms with E-state index in [1.54, 1.807) is 19.4 Å². The van der Waals surface area contributed by atoms with E-state index in [-0.39, 0.29) is 17.1 Å². The van der Waals surface area contributed by atoms with E-state index in [0.717, 1.165) is 11.4 Å². The number of nitrogens with one attached hydrogen (secondary N) is 2. The molecule has 30 heavy (non-hydrogen) atoms. The number of hydrogen-bond acceptors (Lipinski definition) is 8. The molecule has 3 aromatic rings. The van der Waals surface area contributed by atoms with Gasteiger partial charge in [0.25, 0.3) is 10.9 Å². The molecular weight excluding hydrogens is 382 g/mol. The first-order valence-corrected chi connectivity index (χ1v) is 9.69. The highest BCUT2D eigenvalue weighted by Gasteiger charge is 2.27. The van der Waals surface area contributed by atoms with Crippen LogP contribution >= 0.6 is 0 Å². The lowest BCUT2D eigenvalue weighted by atomic mass is 9.87. The Balaban J connectivity index is 1.81. The maximum absolute atomic E-state index is 12.1. The average molecular weight is 409 g/mol. The van der Waals surface area contributed by atoms with Crippen LogP contribution in [0.5, 0.6) is 5.75 Å². The Bertz CT molecular complexity index is 1100. The van der Waals surface area contributed by atoms with Gasteiger partial charge < -0.3 is 20.3 Å². The van der Waals surface area contributed by atoms with Crippen molar-refractivity contribution in [3.8, 4) is 5.75 Å². The summed E-state index contributed by atoms with van der Waals surface area (Å²) in [5, 5.41) is 6.14. The molecule has 8 nitrogen and oxygen atoms in total. The minimum atomic E-state index is -0.553. The summed E-state index contributed by atoms with van der Waals surface area (Å²) in [4.78, 5) is 34.8. The summed E-state index contributed by atoms with van der Waals surface area (Å²) >= 11 is 0. The highest BCUT2D eigenvalue weighted by molar-refractivity contribution is 5.78. The van der Waals surface area contributed by atoms with Crippen LogP contribution < -0.4 is 31.1 Å². The maximum atomic E-state index is 12.1. The van der Waals surface area contributed by atoms with Gasteiger partial charge in [-0.3, -0.25) is 9.59 Å². The number of hydrogen-bond donors (Lipinski definition) is 2. The quantitative estimate of drug-likeness (QED) is 0.573. The second-order valence-corrected chi connectivity index (χ2v) is 8.26. The molecule has 0 amide bonds. The third kappa shape index (κ3) is 4.27. The van der Waals surface area contributed by atoms with Crippen LogP contribution in [0.25, 0.3) is 0 Å². The number of methoxy groups -OCH3 is 1. The smallest absolute Gasteiger partial charge is 0.253 e. The van der Waals surface area contributed by atoms with E-state index in [2.05, 4.69) is 41.4 Å². The summed E-state index contributed by atoms with van der Waals surface area (Å²) in [6.07, 6.45) is 1.60. The molecule has 0 bridgehead atoms. The SMILES string of the molecule is COc1ccc(N(C)c2nccc(Nc3c(N[C@H](C)C(C)(C)C)c(=O)c3=O)n2)cc1. The Kier molecular flexibility index (Phi) is 5.78. The molecule has 2 N–H and O–H groups in total. The summed E-state index contributed by atoms with van der Waals surface area (Å²) in [6, 6.07) is 9.16. The molecule has 8 heteroatoms. The summed E-state index contributed by atoms with van der Waals surface area (Å²) in [5.41, 5.74) is 0.267. The highest BCUT2D eigenvalue weighted by atomic mass is 16.5. The van der Waals surface area contributed by atoms with Gasteiger partial charge in [-0.05, 0) is 42.7 Å². The van der Waals surface area contributed by atoms with Crippen molar-refractivity contribution in [1.82, 2.24) is 9.97 Å². The summed E-state index contributed by atoms with van der Waals surface area (Å²) in [6.45, 7) is 8.17. The van der Waals surface area contributed by atoms with Gasteiger partial charge in [0.1, 0.15) is 22.9 Å². The molecule has 158 valence electrons. The highest BCUT2D eigenvalue weighted by Crippen LogP contribution is 2.27. The molecule has 1 heterocycles. The van der Waals surface area contributed by atoms with E-state index in [4.69, 9.17) is 4.74 Å². The normalized spacial score (nSPS) is 12.5. The largest absolute Gasteiger partial charge is 0.497 e. The molecule has 0 unspecified atom stereocenters. The summed E-state index contributed by atoms with van der Waals surface area (Å²) in [5.74, 6) is 1.63. The number of anilines is 5. The van der Waals surface area contributed by atoms with E-state index in [0.29, 0.717) is 17.5 Å². The van der Waals surface area contributed by atoms with Crippen LogP contribution in [0.2, 0.25) is 0 Å². The molecule has 3 rings (SSSR count). The van der Waals surface area contributed by atoms with Crippen molar-refractivity contribution in [3.63, 3.8) is 0 Å². The molecule has 0 aliphatic heterocycles. The van der Waals surface area contributed by atoms with E-state index >= 15 is 0 Å². The third-order valence-corrected chi connectivity index (χ3v) is 5.23. The minimum Gasteiger partial charge on any atom is -0.497 e. The molecule has 0 aliphatic rings. The Morgan fingerprint density at radius 1 is 1.03 bits per heavy atom. The first-order chi connectivity index (χ1) is 14.1. The van der Waals surface area contributed by atoms with Crippen LogP contribution in [0, 0.1) is 5.41 Å². The Morgan fingerprint density at radius 3 is 2.27 bits per heavy atom. The van der Waals surface area contributed by atoms with Gasteiger partial charge in [0, 0.05) is 25.0 Å². The average Bonchev–Trinajstić information content (AvgIpc) is 2.74. The number of rotatable bonds is 7. The molecule has 0 fully saturated rings. The van der Waals surface area contributed by atoms with Crippen molar-refractivity contribution < 1.29 is 4.74 Å². The molecule has 0 saturated heterocycles. The van der Waals surface area contributed by atoms with Gasteiger partial charge in [-0.1, -0.05) is 20.8 Å². The first-order valence-electron chi connectivity index (χ1n) is 9.69. The number of ether oxygens (including phenoxy) is 1. The monoisotopic (exact) mass is 409 g/mol. The standard InChI is InChI=1S/C22H27N5O3/c1-13(22(2,3)4)24-17-18(20(29)19(17)28)25-16-11-12-23-21(26-16)27(5)14-7-9-15(30-6)10-8-14/h7-13,24H,1-6H3,(H,23,25,26)/t13-/m1/s1. The van der Waals surface area contributed by atoms with Gasteiger partial charge in [-0.25, -0.2) is 4.98 Å². The Hall–Kier alpha value is -3.42. The van der Waals surface area contributed by atoms with E-state index in [1.807, 2.05) is 43.1 Å². The van der Waals surface area contributed by atoms with Gasteiger partial charge in [0.15, 0.2) is 0 Å². The maximum Gasteiger partial charge on any atom is 0.253 e. The van der Waals surface area contributed by atoms with Gasteiger partial charge in [0.2, 0.25) is 5.95 Å². The van der Waals surface area contributed by atoms with Crippen molar-refractivity contribution in [2.24, 2.45) is 5.41 Å². The number of aromatic nitrogens is 2. The zero-order valence-electron chi connectivity index (χ0n) is 18.1. The predicted octanol–water partition coefficient (Wildman–Crippen LogP) is 3.44. The van der Waals surface area contributed by atoms with Crippen LogP contribution in [0.15, 0.2) is 46.1 Å². The summed E-state index contributed by atoms with van der Waals surface area (Å²) < 4.78 is 5.18. The molecule has 0 saturated carbocycles. The molecule has 1 aromatic heterocycles. The molecular formula is C22H27N5O3. The minimum absolute atomic E-state index is 0.00326. The van der Waals surface area contributed by atoms with Crippen LogP contribution in [0.3, 0.4) is 0 Å². The molecule has 0 radical (unpaired) electrons. The topological polar surface area (TPSA) is 96.5 Å². The van der Waals surface area contributed by atoms with Crippen molar-refractivity contribution in [2.45, 2.75) is 33.7 Å². The predicted molar refractivity (Wildman–Crippen MR) is 120 cm³/mol. The molecule has 0 aliphatic carbocycles. The number of benzene rings is 1. The van der Waals surface area contributed by atoms with E-state index in [1.165, 1.54) is 0 Å². The van der Waals surface area contributed by atoms with Crippen LogP contribution in [0.4, 0.5) is 28.8 Å². The summed E-state index contributed by atoms with van der Waals surface area (Å²) in [7, 11) is 3.46. The van der Waals surface area contributed by atoms with Crippen LogP contribution in [0.1, 0.15) is 27.7 Å². The van der Waals surface area contributed by atoms with Gasteiger partial charge in [-0.15, -0.1) is 0 Å². The second-order valence-electron chi connectivity index (χ2n) is 8.26. The zero-order chi connectivity index (χ0) is 22.1. The van der Waals surface area contributed by atoms with Crippen LogP contribution in [-0.4, -0.2) is 30.2 Å². The molecule has 1 atom stereocenters. The van der Waals surface area contributed by atoms with Gasteiger partial charge >= 0.3 is 0 Å². The van der Waals surface area contributed by atoms with E-state index < -0.39 is 10.9 Å². The van der Waals surface area contributed by atoms with Crippen molar-refractivity contribution in [3.05, 3.63) is 57.0 Å². The van der Waals surface area contributed by atoms with Crippen molar-refractivity contribution >= 4 is 28.8 Å². The van der Waals surface area contributed by atoms with Gasteiger partial charge in [-0.2, -0.15) is 4.98 Å². The lowest BCUT2D eigenvalue weighted by molar-refractivity contribution is 0.359. The first kappa shape index (κ1) is 21.3. The Morgan fingerprint density at radius 2 is 1.67 bits per heavy atom. The van der Waals surface area contributed by atoms with Gasteiger partial charge in [0.05, 0.1) is 7.11 Å². The lowest BCUT2D eigenvalue weighted by Crippen LogP contribution is -2.41. The fourth-order valence-electron chi connectivity index (χ4n) is 2.71. The second kappa shape index (κ2) is 8.14.